The van der Waals surface area contributed by atoms with Gasteiger partial charge in [-0.05, 0) is 23.8 Å². The Morgan fingerprint density at radius 1 is 1.20 bits per heavy atom. The van der Waals surface area contributed by atoms with E-state index in [9.17, 15) is 35.1 Å². The predicted molar refractivity (Wildman–Crippen MR) is 82.5 cm³/mol. The lowest BCUT2D eigenvalue weighted by Crippen LogP contribution is -2.61. The number of hydrogen-bond acceptors (Lipinski definition) is 8. The number of aromatic hydroxyl groups is 2. The van der Waals surface area contributed by atoms with Crippen LogP contribution in [0.25, 0.3) is 6.08 Å². The molecule has 0 unspecified atom stereocenters. The molecule has 0 aliphatic heterocycles. The van der Waals surface area contributed by atoms with E-state index in [4.69, 9.17) is 9.84 Å². The predicted octanol–water partition coefficient (Wildman–Crippen LogP) is -0.646. The van der Waals surface area contributed by atoms with Crippen molar-refractivity contribution in [2.75, 3.05) is 0 Å². The Morgan fingerprint density at radius 2 is 1.88 bits per heavy atom. The van der Waals surface area contributed by atoms with Crippen LogP contribution in [-0.2, 0) is 14.3 Å². The number of rotatable bonds is 4. The first-order valence-corrected chi connectivity index (χ1v) is 7.36. The number of carboxylic acids is 1. The Hall–Kier alpha value is -2.62. The molecule has 1 aliphatic carbocycles. The smallest absolute Gasteiger partial charge is 0.338 e. The Balaban J connectivity index is 2.07. The third kappa shape index (κ3) is 4.08. The van der Waals surface area contributed by atoms with Gasteiger partial charge in [0.1, 0.15) is 12.2 Å². The standard InChI is InChI=1S/C16H18O9/c17-9-6-12(14(21)16(24,7-9)15(22)23)25-13(20)4-2-8-1-3-10(18)11(19)5-8/h1-5,9,12,14,17-19,21,24H,6-7H2,(H,22,23)/b4-2+/t9-,12-,14+,16-/m1/s1. The summed E-state index contributed by atoms with van der Waals surface area (Å²) in [6, 6.07) is 3.83. The molecule has 0 bridgehead atoms. The van der Waals surface area contributed by atoms with Crippen molar-refractivity contribution >= 4 is 18.0 Å². The zero-order valence-corrected chi connectivity index (χ0v) is 12.9. The van der Waals surface area contributed by atoms with Gasteiger partial charge in [-0.15, -0.1) is 0 Å². The molecule has 0 spiro atoms. The van der Waals surface area contributed by atoms with E-state index in [2.05, 4.69) is 0 Å². The van der Waals surface area contributed by atoms with Gasteiger partial charge in [-0.2, -0.15) is 0 Å². The maximum Gasteiger partial charge on any atom is 0.338 e. The van der Waals surface area contributed by atoms with Gasteiger partial charge < -0.3 is 35.4 Å². The van der Waals surface area contributed by atoms with E-state index in [1.54, 1.807) is 0 Å². The zero-order chi connectivity index (χ0) is 18.8. The summed E-state index contributed by atoms with van der Waals surface area (Å²) in [7, 11) is 0. The summed E-state index contributed by atoms with van der Waals surface area (Å²) < 4.78 is 4.92. The molecule has 0 amide bonds. The summed E-state index contributed by atoms with van der Waals surface area (Å²) in [4.78, 5) is 22.9. The van der Waals surface area contributed by atoms with Crippen molar-refractivity contribution in [2.45, 2.75) is 36.8 Å². The van der Waals surface area contributed by atoms with E-state index in [1.165, 1.54) is 24.3 Å². The van der Waals surface area contributed by atoms with Gasteiger partial charge in [-0.1, -0.05) is 6.07 Å². The van der Waals surface area contributed by atoms with Crippen molar-refractivity contribution < 1.29 is 45.0 Å². The van der Waals surface area contributed by atoms with Crippen molar-refractivity contribution in [3.8, 4) is 11.5 Å². The molecule has 1 fully saturated rings. The summed E-state index contributed by atoms with van der Waals surface area (Å²) in [5.41, 5.74) is -2.24. The molecule has 9 nitrogen and oxygen atoms in total. The van der Waals surface area contributed by atoms with Gasteiger partial charge in [0.05, 0.1) is 6.10 Å². The maximum atomic E-state index is 11.8. The van der Waals surface area contributed by atoms with E-state index < -0.39 is 42.3 Å². The number of aliphatic hydroxyl groups is 3. The molecule has 9 heteroatoms. The lowest BCUT2D eigenvalue weighted by molar-refractivity contribution is -0.209. The van der Waals surface area contributed by atoms with Gasteiger partial charge in [0.2, 0.25) is 0 Å². The van der Waals surface area contributed by atoms with Crippen LogP contribution in [0.2, 0.25) is 0 Å². The van der Waals surface area contributed by atoms with Crippen LogP contribution < -0.4 is 0 Å². The average molecular weight is 354 g/mol. The monoisotopic (exact) mass is 354 g/mol. The van der Waals surface area contributed by atoms with Crippen molar-refractivity contribution in [1.29, 1.82) is 0 Å². The number of aliphatic hydroxyl groups excluding tert-OH is 2. The number of ether oxygens (including phenoxy) is 1. The lowest BCUT2D eigenvalue weighted by atomic mass is 9.79. The number of carbonyl (C=O) groups excluding carboxylic acids is 1. The second kappa shape index (κ2) is 7.09. The van der Waals surface area contributed by atoms with Crippen LogP contribution in [0.5, 0.6) is 11.5 Å². The first-order chi connectivity index (χ1) is 11.6. The Kier molecular flexibility index (Phi) is 5.31. The molecule has 1 aromatic carbocycles. The van der Waals surface area contributed by atoms with Crippen molar-refractivity contribution in [3.63, 3.8) is 0 Å². The van der Waals surface area contributed by atoms with E-state index in [-0.39, 0.29) is 17.9 Å². The van der Waals surface area contributed by atoms with Gasteiger partial charge in [0.25, 0.3) is 0 Å². The summed E-state index contributed by atoms with van der Waals surface area (Å²) in [6.07, 6.45) is -3.16. The number of benzene rings is 1. The molecule has 1 aliphatic rings. The highest BCUT2D eigenvalue weighted by Gasteiger charge is 2.53. The van der Waals surface area contributed by atoms with Crippen LogP contribution in [-0.4, -0.2) is 66.5 Å². The number of phenolic OH excluding ortho intramolecular Hbond substituents is 2. The van der Waals surface area contributed by atoms with Crippen LogP contribution >= 0.6 is 0 Å². The van der Waals surface area contributed by atoms with Crippen LogP contribution in [0.1, 0.15) is 18.4 Å². The van der Waals surface area contributed by atoms with E-state index in [0.717, 1.165) is 6.08 Å². The number of carbonyl (C=O) groups is 2. The molecule has 25 heavy (non-hydrogen) atoms. The fourth-order valence-electron chi connectivity index (χ4n) is 2.59. The SMILES string of the molecule is O=C(/C=C/c1ccc(O)c(O)c1)O[C@@H]1C[C@@H](O)C[C@](O)(C(=O)O)[C@H]1O. The van der Waals surface area contributed by atoms with E-state index >= 15 is 0 Å². The molecule has 0 aromatic heterocycles. The number of carboxylic acid groups (broad SMARTS) is 1. The third-order valence-electron chi connectivity index (χ3n) is 3.94. The highest BCUT2D eigenvalue weighted by molar-refractivity contribution is 5.87. The quantitative estimate of drug-likeness (QED) is 0.234. The average Bonchev–Trinajstić information content (AvgIpc) is 2.53. The van der Waals surface area contributed by atoms with Crippen LogP contribution in [0.15, 0.2) is 24.3 Å². The number of aliphatic carboxylic acids is 1. The molecular formula is C16H18O9. The molecule has 4 atom stereocenters. The fraction of sp³-hybridized carbons (Fsp3) is 0.375. The second-order valence-electron chi connectivity index (χ2n) is 5.82. The first kappa shape index (κ1) is 18.7. The molecule has 0 heterocycles. The number of phenols is 2. The fourth-order valence-corrected chi connectivity index (χ4v) is 2.59. The lowest BCUT2D eigenvalue weighted by Gasteiger charge is -2.40. The Bertz CT molecular complexity index is 699. The topological polar surface area (TPSA) is 165 Å². The minimum Gasteiger partial charge on any atom is -0.504 e. The molecule has 1 aromatic rings. The largest absolute Gasteiger partial charge is 0.504 e. The number of hydrogen-bond donors (Lipinski definition) is 6. The minimum absolute atomic E-state index is 0.226. The molecule has 2 rings (SSSR count). The maximum absolute atomic E-state index is 11.8. The molecule has 136 valence electrons. The first-order valence-electron chi connectivity index (χ1n) is 7.36. The van der Waals surface area contributed by atoms with Crippen molar-refractivity contribution in [1.82, 2.24) is 0 Å². The zero-order valence-electron chi connectivity index (χ0n) is 12.9. The molecular weight excluding hydrogens is 336 g/mol. The summed E-state index contributed by atoms with van der Waals surface area (Å²) >= 11 is 0. The van der Waals surface area contributed by atoms with Crippen molar-refractivity contribution in [3.05, 3.63) is 29.8 Å². The number of esters is 1. The van der Waals surface area contributed by atoms with Gasteiger partial charge in [0.15, 0.2) is 17.1 Å². The second-order valence-corrected chi connectivity index (χ2v) is 5.82. The van der Waals surface area contributed by atoms with Crippen LogP contribution in [0.3, 0.4) is 0 Å². The van der Waals surface area contributed by atoms with Gasteiger partial charge in [0, 0.05) is 18.9 Å². The normalized spacial score (nSPS) is 29.5. The Labute approximate surface area is 142 Å². The van der Waals surface area contributed by atoms with Crippen molar-refractivity contribution in [2.24, 2.45) is 0 Å². The van der Waals surface area contributed by atoms with E-state index in [1.807, 2.05) is 0 Å². The van der Waals surface area contributed by atoms with Gasteiger partial charge >= 0.3 is 11.9 Å². The van der Waals surface area contributed by atoms with E-state index in [0.29, 0.717) is 5.56 Å². The summed E-state index contributed by atoms with van der Waals surface area (Å²) in [5.74, 6) is -3.38. The Morgan fingerprint density at radius 3 is 2.48 bits per heavy atom. The minimum atomic E-state index is -2.62. The van der Waals surface area contributed by atoms with Crippen LogP contribution in [0.4, 0.5) is 0 Å². The van der Waals surface area contributed by atoms with Gasteiger partial charge in [-0.3, -0.25) is 0 Å². The molecule has 1 saturated carbocycles. The summed E-state index contributed by atoms with van der Waals surface area (Å²) in [6.45, 7) is 0. The molecule has 0 saturated heterocycles. The highest BCUT2D eigenvalue weighted by Crippen LogP contribution is 2.31. The highest BCUT2D eigenvalue weighted by atomic mass is 16.6. The van der Waals surface area contributed by atoms with Crippen LogP contribution in [0, 0.1) is 0 Å². The molecule has 0 radical (unpaired) electrons. The molecule has 6 N–H and O–H groups in total. The summed E-state index contributed by atoms with van der Waals surface area (Å²) in [5, 5.41) is 57.2. The van der Waals surface area contributed by atoms with Gasteiger partial charge in [-0.25, -0.2) is 9.59 Å². The third-order valence-corrected chi connectivity index (χ3v) is 3.94.